The second-order valence-corrected chi connectivity index (χ2v) is 6.95. The molecule has 0 aliphatic carbocycles. The fraction of sp³-hybridized carbons (Fsp3) is 0.467. The Morgan fingerprint density at radius 2 is 2.00 bits per heavy atom. The highest BCUT2D eigenvalue weighted by molar-refractivity contribution is 7.89. The lowest BCUT2D eigenvalue weighted by atomic mass is 9.85. The number of carbonyl (C=O) groups is 2. The number of hydrogen-bond donors (Lipinski definition) is 2. The molecule has 1 fully saturated rings. The Bertz CT molecular complexity index is 664. The number of sulfonamides is 1. The van der Waals surface area contributed by atoms with Crippen LogP contribution in [-0.2, 0) is 14.8 Å². The third-order valence-corrected chi connectivity index (χ3v) is 4.88. The lowest BCUT2D eigenvalue weighted by molar-refractivity contribution is -0.107. The molecule has 2 rings (SSSR count). The molecule has 120 valence electrons. The van der Waals surface area contributed by atoms with Crippen molar-refractivity contribution in [2.24, 2.45) is 5.14 Å². The average Bonchev–Trinajstić information content (AvgIpc) is 2.52. The van der Waals surface area contributed by atoms with Crippen LogP contribution in [0.3, 0.4) is 0 Å². The monoisotopic (exact) mass is 324 g/mol. The molecule has 1 saturated heterocycles. The van der Waals surface area contributed by atoms with E-state index in [1.807, 2.05) is 0 Å². The predicted octanol–water partition coefficient (Wildman–Crippen LogP) is 0.963. The lowest BCUT2D eigenvalue weighted by Crippen LogP contribution is -2.29. The number of nitrogens with one attached hydrogen (secondary N) is 1. The normalized spacial score (nSPS) is 16.4. The summed E-state index contributed by atoms with van der Waals surface area (Å²) in [5.74, 6) is -0.239. The molecule has 0 radical (unpaired) electrons. The van der Waals surface area contributed by atoms with Gasteiger partial charge in [0, 0.05) is 18.4 Å². The first-order valence-corrected chi connectivity index (χ1v) is 8.83. The van der Waals surface area contributed by atoms with Crippen molar-refractivity contribution in [1.82, 2.24) is 5.32 Å². The molecule has 6 nitrogen and oxygen atoms in total. The van der Waals surface area contributed by atoms with E-state index >= 15 is 0 Å². The van der Waals surface area contributed by atoms with Gasteiger partial charge in [-0.3, -0.25) is 4.79 Å². The van der Waals surface area contributed by atoms with Crippen LogP contribution < -0.4 is 10.5 Å². The molecule has 0 saturated carbocycles. The van der Waals surface area contributed by atoms with E-state index in [-0.39, 0.29) is 29.4 Å². The Morgan fingerprint density at radius 1 is 1.32 bits per heavy atom. The van der Waals surface area contributed by atoms with Crippen LogP contribution in [0.25, 0.3) is 0 Å². The van der Waals surface area contributed by atoms with Gasteiger partial charge in [0.1, 0.15) is 6.29 Å². The Labute approximate surface area is 130 Å². The first-order chi connectivity index (χ1) is 10.4. The SMILES string of the molecule is NS(=O)(=O)c1cccc(C(=O)CCC=O)c1C1CCNCC1. The Morgan fingerprint density at radius 3 is 2.59 bits per heavy atom. The smallest absolute Gasteiger partial charge is 0.238 e. The van der Waals surface area contributed by atoms with Crippen molar-refractivity contribution in [1.29, 1.82) is 0 Å². The third kappa shape index (κ3) is 3.79. The molecule has 22 heavy (non-hydrogen) atoms. The van der Waals surface area contributed by atoms with Gasteiger partial charge in [-0.2, -0.15) is 0 Å². The molecule has 0 unspecified atom stereocenters. The average molecular weight is 324 g/mol. The van der Waals surface area contributed by atoms with Crippen LogP contribution in [0.5, 0.6) is 0 Å². The Hall–Kier alpha value is -1.57. The van der Waals surface area contributed by atoms with Crippen molar-refractivity contribution in [3.63, 3.8) is 0 Å². The van der Waals surface area contributed by atoms with Crippen molar-refractivity contribution in [2.45, 2.75) is 36.5 Å². The van der Waals surface area contributed by atoms with Crippen LogP contribution in [-0.4, -0.2) is 33.6 Å². The maximum absolute atomic E-state index is 12.3. The summed E-state index contributed by atoms with van der Waals surface area (Å²) in [7, 11) is -3.90. The highest BCUT2D eigenvalue weighted by atomic mass is 32.2. The summed E-state index contributed by atoms with van der Waals surface area (Å²) in [5.41, 5.74) is 0.891. The summed E-state index contributed by atoms with van der Waals surface area (Å²) >= 11 is 0. The van der Waals surface area contributed by atoms with Crippen molar-refractivity contribution < 1.29 is 18.0 Å². The summed E-state index contributed by atoms with van der Waals surface area (Å²) < 4.78 is 23.8. The van der Waals surface area contributed by atoms with E-state index in [1.165, 1.54) is 12.1 Å². The Balaban J connectivity index is 2.52. The quantitative estimate of drug-likeness (QED) is 0.599. The van der Waals surface area contributed by atoms with Gasteiger partial charge in [0.05, 0.1) is 4.90 Å². The van der Waals surface area contributed by atoms with Gasteiger partial charge in [-0.1, -0.05) is 12.1 Å². The van der Waals surface area contributed by atoms with Crippen molar-refractivity contribution in [2.75, 3.05) is 13.1 Å². The molecule has 1 heterocycles. The fourth-order valence-corrected chi connectivity index (χ4v) is 3.74. The molecule has 0 aromatic heterocycles. The summed E-state index contributed by atoms with van der Waals surface area (Å²) in [6.07, 6.45) is 2.40. The van der Waals surface area contributed by atoms with Gasteiger partial charge in [-0.25, -0.2) is 13.6 Å². The molecule has 0 spiro atoms. The molecule has 1 aliphatic heterocycles. The van der Waals surface area contributed by atoms with Gasteiger partial charge in [0.25, 0.3) is 0 Å². The minimum atomic E-state index is -3.90. The van der Waals surface area contributed by atoms with Gasteiger partial charge < -0.3 is 10.1 Å². The predicted molar refractivity (Wildman–Crippen MR) is 82.3 cm³/mol. The van der Waals surface area contributed by atoms with E-state index in [0.717, 1.165) is 25.9 Å². The van der Waals surface area contributed by atoms with E-state index in [2.05, 4.69) is 5.32 Å². The second kappa shape index (κ2) is 7.13. The third-order valence-electron chi connectivity index (χ3n) is 3.91. The molecule has 1 aromatic carbocycles. The van der Waals surface area contributed by atoms with E-state index in [1.54, 1.807) is 6.07 Å². The number of aldehydes is 1. The first-order valence-electron chi connectivity index (χ1n) is 7.28. The van der Waals surface area contributed by atoms with Crippen molar-refractivity contribution >= 4 is 22.1 Å². The molecule has 3 N–H and O–H groups in total. The highest BCUT2D eigenvalue weighted by Crippen LogP contribution is 2.33. The summed E-state index contributed by atoms with van der Waals surface area (Å²) in [6.45, 7) is 1.54. The van der Waals surface area contributed by atoms with Crippen molar-refractivity contribution in [3.05, 3.63) is 29.3 Å². The van der Waals surface area contributed by atoms with Crippen LogP contribution in [0, 0.1) is 0 Å². The van der Waals surface area contributed by atoms with Gasteiger partial charge in [0.15, 0.2) is 5.78 Å². The number of Topliss-reactive ketones (excluding diaryl/α,β-unsaturated/α-hetero) is 1. The molecule has 0 bridgehead atoms. The van der Waals surface area contributed by atoms with E-state index < -0.39 is 10.0 Å². The summed E-state index contributed by atoms with van der Waals surface area (Å²) in [6, 6.07) is 4.60. The number of benzene rings is 1. The number of piperidine rings is 1. The zero-order valence-electron chi connectivity index (χ0n) is 12.2. The zero-order valence-corrected chi connectivity index (χ0v) is 13.1. The van der Waals surface area contributed by atoms with Crippen LogP contribution in [0.4, 0.5) is 0 Å². The number of primary sulfonamides is 1. The van der Waals surface area contributed by atoms with Crippen LogP contribution in [0.2, 0.25) is 0 Å². The highest BCUT2D eigenvalue weighted by Gasteiger charge is 2.27. The standard InChI is InChI=1S/C15H20N2O4S/c16-22(20,21)14-5-1-3-12(13(19)4-2-10-18)15(14)11-6-8-17-9-7-11/h1,3,5,10-11,17H,2,4,6-9H2,(H2,16,20,21). The maximum Gasteiger partial charge on any atom is 0.238 e. The molecule has 0 atom stereocenters. The first kappa shape index (κ1) is 16.8. The lowest BCUT2D eigenvalue weighted by Gasteiger charge is -2.26. The van der Waals surface area contributed by atoms with Crippen LogP contribution >= 0.6 is 0 Å². The maximum atomic E-state index is 12.3. The molecule has 7 heteroatoms. The summed E-state index contributed by atoms with van der Waals surface area (Å²) in [5, 5.41) is 8.54. The topological polar surface area (TPSA) is 106 Å². The van der Waals surface area contributed by atoms with Gasteiger partial charge in [-0.05, 0) is 43.5 Å². The molecule has 1 aliphatic rings. The minimum absolute atomic E-state index is 0.0223. The van der Waals surface area contributed by atoms with Crippen LogP contribution in [0.1, 0.15) is 47.5 Å². The van der Waals surface area contributed by atoms with Crippen molar-refractivity contribution in [3.8, 4) is 0 Å². The molecule has 0 amide bonds. The second-order valence-electron chi connectivity index (χ2n) is 5.42. The minimum Gasteiger partial charge on any atom is -0.317 e. The molecular formula is C15H20N2O4S. The van der Waals surface area contributed by atoms with Gasteiger partial charge in [-0.15, -0.1) is 0 Å². The number of carbonyl (C=O) groups excluding carboxylic acids is 2. The fourth-order valence-electron chi connectivity index (χ4n) is 2.89. The molecular weight excluding hydrogens is 304 g/mol. The van der Waals surface area contributed by atoms with Gasteiger partial charge in [0.2, 0.25) is 10.0 Å². The van der Waals surface area contributed by atoms with E-state index in [0.29, 0.717) is 17.4 Å². The van der Waals surface area contributed by atoms with Crippen LogP contribution in [0.15, 0.2) is 23.1 Å². The largest absolute Gasteiger partial charge is 0.317 e. The Kier molecular flexibility index (Phi) is 5.44. The zero-order chi connectivity index (χ0) is 16.2. The number of rotatable bonds is 6. The van der Waals surface area contributed by atoms with E-state index in [4.69, 9.17) is 5.14 Å². The number of nitrogens with two attached hydrogens (primary N) is 1. The molecule has 1 aromatic rings. The summed E-state index contributed by atoms with van der Waals surface area (Å²) in [4.78, 5) is 22.8. The van der Waals surface area contributed by atoms with E-state index in [9.17, 15) is 18.0 Å². The number of hydrogen-bond acceptors (Lipinski definition) is 5. The number of ketones is 1. The van der Waals surface area contributed by atoms with Gasteiger partial charge >= 0.3 is 0 Å².